The van der Waals surface area contributed by atoms with Gasteiger partial charge in [0.15, 0.2) is 0 Å². The quantitative estimate of drug-likeness (QED) is 0.581. The number of nitrogens with zero attached hydrogens (tertiary/aromatic N) is 1. The summed E-state index contributed by atoms with van der Waals surface area (Å²) < 4.78 is 0. The summed E-state index contributed by atoms with van der Waals surface area (Å²) in [6.07, 6.45) is 2.01. The third-order valence-electron chi connectivity index (χ3n) is 5.62. The van der Waals surface area contributed by atoms with E-state index in [0.717, 1.165) is 5.56 Å². The average molecular weight is 382 g/mol. The van der Waals surface area contributed by atoms with E-state index in [2.05, 4.69) is 10.3 Å². The van der Waals surface area contributed by atoms with Crippen molar-refractivity contribution in [3.8, 4) is 6.07 Å². The highest BCUT2D eigenvalue weighted by Crippen LogP contribution is 2.48. The summed E-state index contributed by atoms with van der Waals surface area (Å²) in [5.41, 5.74) is 6.03. The zero-order chi connectivity index (χ0) is 20.5. The molecule has 8 nitrogen and oxygen atoms in total. The third kappa shape index (κ3) is 2.99. The molecule has 3 rings (SSSR count). The van der Waals surface area contributed by atoms with Gasteiger partial charge in [0.2, 0.25) is 11.8 Å². The molecule has 0 saturated heterocycles. The van der Waals surface area contributed by atoms with Gasteiger partial charge in [-0.2, -0.15) is 5.26 Å². The number of nitrogens with one attached hydrogen (secondary N) is 2. The van der Waals surface area contributed by atoms with Crippen LogP contribution in [0, 0.1) is 24.2 Å². The first-order valence-electron chi connectivity index (χ1n) is 9.13. The summed E-state index contributed by atoms with van der Waals surface area (Å²) in [6.45, 7) is 1.69. The maximum Gasteiger partial charge on any atom is 0.352 e. The lowest BCUT2D eigenvalue weighted by Gasteiger charge is -2.41. The van der Waals surface area contributed by atoms with Crippen LogP contribution in [0.4, 0.5) is 0 Å². The highest BCUT2D eigenvalue weighted by Gasteiger charge is 2.53. The van der Waals surface area contributed by atoms with Gasteiger partial charge >= 0.3 is 5.97 Å². The molecule has 1 aliphatic rings. The third-order valence-corrected chi connectivity index (χ3v) is 5.62. The number of fused-ring (bicyclic) bond motifs is 1. The molecule has 0 spiro atoms. The van der Waals surface area contributed by atoms with Crippen molar-refractivity contribution >= 4 is 28.7 Å². The Kier molecular flexibility index (Phi) is 5.10. The molecule has 0 bridgehead atoms. The smallest absolute Gasteiger partial charge is 0.352 e. The second-order valence-electron chi connectivity index (χ2n) is 7.24. The summed E-state index contributed by atoms with van der Waals surface area (Å²) in [6, 6.07) is 7.23. The van der Waals surface area contributed by atoms with Gasteiger partial charge in [0, 0.05) is 16.5 Å². The van der Waals surface area contributed by atoms with E-state index < -0.39 is 29.1 Å². The molecule has 1 heterocycles. The van der Waals surface area contributed by atoms with Crippen molar-refractivity contribution in [3.05, 3.63) is 35.0 Å². The predicted molar refractivity (Wildman–Crippen MR) is 101 cm³/mol. The van der Waals surface area contributed by atoms with E-state index in [9.17, 15) is 19.5 Å². The molecule has 0 radical (unpaired) electrons. The van der Waals surface area contributed by atoms with Gasteiger partial charge in [-0.1, -0.05) is 25.0 Å². The fourth-order valence-corrected chi connectivity index (χ4v) is 4.43. The standard InChI is InChI=1S/C20H22N4O4/c1-11-5-6-12-14(10-11)24-16(18(26)27)15(12)20(19(22)28)7-3-2-4-13(20)17(25)23-9-8-21/h5-6,10,13,24H,2-4,7,9H2,1H3,(H2,22,28)(H,23,25)(H,26,27)/t13-,20-/m0/s1. The van der Waals surface area contributed by atoms with E-state index >= 15 is 0 Å². The Morgan fingerprint density at radius 2 is 2.14 bits per heavy atom. The first-order valence-corrected chi connectivity index (χ1v) is 9.13. The van der Waals surface area contributed by atoms with Gasteiger partial charge in [0.05, 0.1) is 17.4 Å². The Labute approximate surface area is 161 Å². The molecule has 0 aliphatic heterocycles. The Morgan fingerprint density at radius 3 is 2.79 bits per heavy atom. The number of aromatic amines is 1. The highest BCUT2D eigenvalue weighted by atomic mass is 16.4. The molecule has 1 saturated carbocycles. The van der Waals surface area contributed by atoms with Crippen LogP contribution in [0.2, 0.25) is 0 Å². The van der Waals surface area contributed by atoms with E-state index in [4.69, 9.17) is 11.0 Å². The maximum atomic E-state index is 12.8. The fourth-order valence-electron chi connectivity index (χ4n) is 4.43. The van der Waals surface area contributed by atoms with Crippen LogP contribution < -0.4 is 11.1 Å². The summed E-state index contributed by atoms with van der Waals surface area (Å²) in [4.78, 5) is 40.5. The number of nitrogens with two attached hydrogens (primary N) is 1. The number of hydrogen-bond donors (Lipinski definition) is 4. The minimum Gasteiger partial charge on any atom is -0.477 e. The van der Waals surface area contributed by atoms with Crippen LogP contribution in [0.5, 0.6) is 0 Å². The number of carbonyl (C=O) groups is 3. The maximum absolute atomic E-state index is 12.8. The Bertz CT molecular complexity index is 1000. The molecule has 1 aromatic carbocycles. The van der Waals surface area contributed by atoms with Gasteiger partial charge < -0.3 is 21.1 Å². The number of carboxylic acid groups (broad SMARTS) is 1. The molecule has 1 fully saturated rings. The van der Waals surface area contributed by atoms with Gasteiger partial charge in [-0.3, -0.25) is 9.59 Å². The van der Waals surface area contributed by atoms with Gasteiger partial charge in [-0.25, -0.2) is 4.79 Å². The van der Waals surface area contributed by atoms with E-state index in [0.29, 0.717) is 30.2 Å². The van der Waals surface area contributed by atoms with Gasteiger partial charge in [0.25, 0.3) is 0 Å². The molecular formula is C20H22N4O4. The SMILES string of the molecule is Cc1ccc2c([C@]3(C(N)=O)CCCC[C@H]3C(=O)NCC#N)c(C(=O)O)[nH]c2c1. The second kappa shape index (κ2) is 7.35. The monoisotopic (exact) mass is 382 g/mol. The normalized spacial score (nSPS) is 21.8. The van der Waals surface area contributed by atoms with E-state index in [1.807, 2.05) is 19.1 Å². The number of carbonyl (C=O) groups excluding carboxylic acids is 2. The summed E-state index contributed by atoms with van der Waals surface area (Å²) in [7, 11) is 0. The van der Waals surface area contributed by atoms with Crippen molar-refractivity contribution < 1.29 is 19.5 Å². The molecule has 0 unspecified atom stereocenters. The number of aryl methyl sites for hydroxylation is 1. The van der Waals surface area contributed by atoms with E-state index in [1.54, 1.807) is 12.1 Å². The fraction of sp³-hybridized carbons (Fsp3) is 0.400. The molecular weight excluding hydrogens is 360 g/mol. The molecule has 5 N–H and O–H groups in total. The van der Waals surface area contributed by atoms with Crippen LogP contribution in [0.3, 0.4) is 0 Å². The van der Waals surface area contributed by atoms with Crippen molar-refractivity contribution in [2.45, 2.75) is 38.0 Å². The lowest BCUT2D eigenvalue weighted by atomic mass is 9.61. The molecule has 2 atom stereocenters. The Hall–Kier alpha value is -3.34. The zero-order valence-corrected chi connectivity index (χ0v) is 15.5. The van der Waals surface area contributed by atoms with Gasteiger partial charge in [-0.05, 0) is 31.4 Å². The lowest BCUT2D eigenvalue weighted by Crippen LogP contribution is -2.54. The lowest BCUT2D eigenvalue weighted by molar-refractivity contribution is -0.137. The first-order chi connectivity index (χ1) is 13.3. The second-order valence-corrected chi connectivity index (χ2v) is 7.24. The number of benzene rings is 1. The van der Waals surface area contributed by atoms with Crippen LogP contribution in [0.1, 0.15) is 47.3 Å². The summed E-state index contributed by atoms with van der Waals surface area (Å²) >= 11 is 0. The van der Waals surface area contributed by atoms with E-state index in [1.165, 1.54) is 0 Å². The Balaban J connectivity index is 2.30. The largest absolute Gasteiger partial charge is 0.477 e. The molecule has 28 heavy (non-hydrogen) atoms. The van der Waals surface area contributed by atoms with Crippen molar-refractivity contribution in [3.63, 3.8) is 0 Å². The van der Waals surface area contributed by atoms with Crippen molar-refractivity contribution in [1.82, 2.24) is 10.3 Å². The number of hydrogen-bond acceptors (Lipinski definition) is 4. The summed E-state index contributed by atoms with van der Waals surface area (Å²) in [5, 5.41) is 21.7. The number of aromatic nitrogens is 1. The number of rotatable bonds is 5. The van der Waals surface area contributed by atoms with Crippen LogP contribution in [-0.2, 0) is 15.0 Å². The Morgan fingerprint density at radius 1 is 1.39 bits per heavy atom. The first kappa shape index (κ1) is 19.4. The molecule has 8 heteroatoms. The molecule has 2 amide bonds. The average Bonchev–Trinajstić information content (AvgIpc) is 3.04. The number of H-pyrrole nitrogens is 1. The number of primary amides is 1. The zero-order valence-electron chi connectivity index (χ0n) is 15.5. The minimum absolute atomic E-state index is 0.126. The number of nitriles is 1. The van der Waals surface area contributed by atoms with Crippen LogP contribution in [-0.4, -0.2) is 34.4 Å². The number of carboxylic acids is 1. The molecule has 146 valence electrons. The minimum atomic E-state index is -1.46. The topological polar surface area (TPSA) is 149 Å². The van der Waals surface area contributed by atoms with Crippen LogP contribution >= 0.6 is 0 Å². The summed E-state index contributed by atoms with van der Waals surface area (Å²) in [5.74, 6) is -3.25. The van der Waals surface area contributed by atoms with Crippen LogP contribution in [0.15, 0.2) is 18.2 Å². The van der Waals surface area contributed by atoms with Crippen molar-refractivity contribution in [1.29, 1.82) is 5.26 Å². The van der Waals surface area contributed by atoms with Gasteiger partial charge in [0.1, 0.15) is 12.2 Å². The highest BCUT2D eigenvalue weighted by molar-refractivity contribution is 6.05. The van der Waals surface area contributed by atoms with Crippen molar-refractivity contribution in [2.24, 2.45) is 11.7 Å². The van der Waals surface area contributed by atoms with Gasteiger partial charge in [-0.15, -0.1) is 0 Å². The van der Waals surface area contributed by atoms with Crippen LogP contribution in [0.25, 0.3) is 10.9 Å². The molecule has 2 aromatic rings. The predicted octanol–water partition coefficient (Wildman–Crippen LogP) is 1.73. The molecule has 1 aliphatic carbocycles. The number of amides is 2. The molecule has 1 aromatic heterocycles. The number of aromatic carboxylic acids is 1. The van der Waals surface area contributed by atoms with E-state index in [-0.39, 0.29) is 24.2 Å². The van der Waals surface area contributed by atoms with Crippen molar-refractivity contribution in [2.75, 3.05) is 6.54 Å².